The van der Waals surface area contributed by atoms with Crippen LogP contribution >= 0.6 is 22.6 Å². The molecule has 1 aromatic rings. The second-order valence-corrected chi connectivity index (χ2v) is 4.22. The average Bonchev–Trinajstić information content (AvgIpc) is 2.27. The minimum atomic E-state index is -0.471. The van der Waals surface area contributed by atoms with Crippen LogP contribution in [-0.4, -0.2) is 15.3 Å². The molecule has 0 unspecified atom stereocenters. The van der Waals surface area contributed by atoms with Gasteiger partial charge < -0.3 is 5.32 Å². The Labute approximate surface area is 107 Å². The lowest BCUT2D eigenvalue weighted by molar-refractivity contribution is -0.384. The van der Waals surface area contributed by atoms with E-state index < -0.39 is 4.92 Å². The number of nitro benzene ring substituents is 1. The van der Waals surface area contributed by atoms with Crippen molar-refractivity contribution in [2.45, 2.75) is 12.8 Å². The predicted molar refractivity (Wildman–Crippen MR) is 69.8 cm³/mol. The van der Waals surface area contributed by atoms with E-state index in [0.717, 1.165) is 10.8 Å². The van der Waals surface area contributed by atoms with E-state index in [1.54, 1.807) is 0 Å². The second-order valence-electron chi connectivity index (χ2n) is 3.14. The van der Waals surface area contributed by atoms with Crippen LogP contribution in [0.1, 0.15) is 12.8 Å². The van der Waals surface area contributed by atoms with Crippen molar-refractivity contribution in [1.82, 2.24) is 0 Å². The Balaban J connectivity index is 2.55. The molecule has 0 aliphatic heterocycles. The van der Waals surface area contributed by atoms with Crippen LogP contribution in [0.15, 0.2) is 24.3 Å². The molecule has 0 bridgehead atoms. The molecular formula is C10H11IN2O3. The molecule has 0 fully saturated rings. The van der Waals surface area contributed by atoms with Gasteiger partial charge in [0, 0.05) is 28.7 Å². The molecule has 86 valence electrons. The molecule has 0 atom stereocenters. The number of carbonyl (C=O) groups is 1. The highest BCUT2D eigenvalue weighted by Crippen LogP contribution is 2.15. The van der Waals surface area contributed by atoms with Gasteiger partial charge in [0.25, 0.3) is 5.69 Å². The predicted octanol–water partition coefficient (Wildman–Crippen LogP) is 2.75. The Kier molecular flexibility index (Phi) is 5.17. The zero-order chi connectivity index (χ0) is 12.0. The number of amides is 1. The zero-order valence-corrected chi connectivity index (χ0v) is 10.6. The maximum absolute atomic E-state index is 11.3. The Morgan fingerprint density at radius 3 is 2.50 bits per heavy atom. The van der Waals surface area contributed by atoms with Gasteiger partial charge in [-0.15, -0.1) is 0 Å². The number of halogens is 1. The van der Waals surface area contributed by atoms with Gasteiger partial charge in [0.1, 0.15) is 0 Å². The first-order chi connectivity index (χ1) is 7.63. The lowest BCUT2D eigenvalue weighted by Gasteiger charge is -2.03. The molecule has 0 radical (unpaired) electrons. The van der Waals surface area contributed by atoms with E-state index >= 15 is 0 Å². The summed E-state index contributed by atoms with van der Waals surface area (Å²) in [5.74, 6) is -0.0643. The van der Waals surface area contributed by atoms with Crippen LogP contribution in [0.25, 0.3) is 0 Å². The monoisotopic (exact) mass is 334 g/mol. The summed E-state index contributed by atoms with van der Waals surface area (Å²) in [4.78, 5) is 21.3. The molecule has 16 heavy (non-hydrogen) atoms. The summed E-state index contributed by atoms with van der Waals surface area (Å²) in [6.45, 7) is 0. The highest BCUT2D eigenvalue weighted by Gasteiger charge is 2.05. The molecule has 1 N–H and O–H groups in total. The molecule has 1 amide bonds. The highest BCUT2D eigenvalue weighted by molar-refractivity contribution is 14.1. The van der Waals surface area contributed by atoms with Gasteiger partial charge in [0.2, 0.25) is 5.91 Å². The molecule has 0 aliphatic carbocycles. The molecule has 6 heteroatoms. The molecule has 0 spiro atoms. The molecule has 0 saturated carbocycles. The summed E-state index contributed by atoms with van der Waals surface area (Å²) in [6, 6.07) is 5.79. The lowest BCUT2D eigenvalue weighted by atomic mass is 10.2. The van der Waals surface area contributed by atoms with E-state index in [-0.39, 0.29) is 11.6 Å². The van der Waals surface area contributed by atoms with Crippen molar-refractivity contribution in [3.05, 3.63) is 34.4 Å². The fourth-order valence-electron chi connectivity index (χ4n) is 1.12. The third-order valence-corrected chi connectivity index (χ3v) is 2.66. The van der Waals surface area contributed by atoms with Crippen LogP contribution in [0.5, 0.6) is 0 Å². The van der Waals surface area contributed by atoms with Crippen LogP contribution in [-0.2, 0) is 4.79 Å². The molecule has 0 heterocycles. The molecule has 0 aliphatic rings. The standard InChI is InChI=1S/C10H11IN2O3/c11-7-1-2-10(14)12-8-3-5-9(6-4-8)13(15)16/h3-6H,1-2,7H2,(H,12,14). The average molecular weight is 334 g/mol. The topological polar surface area (TPSA) is 72.2 Å². The van der Waals surface area contributed by atoms with E-state index in [2.05, 4.69) is 27.9 Å². The Hall–Kier alpha value is -1.18. The maximum Gasteiger partial charge on any atom is 0.269 e. The number of anilines is 1. The van der Waals surface area contributed by atoms with Gasteiger partial charge in [-0.1, -0.05) is 22.6 Å². The van der Waals surface area contributed by atoms with Crippen LogP contribution < -0.4 is 5.32 Å². The Morgan fingerprint density at radius 1 is 1.38 bits per heavy atom. The van der Waals surface area contributed by atoms with Crippen molar-refractivity contribution in [2.24, 2.45) is 0 Å². The number of nitrogens with one attached hydrogen (secondary N) is 1. The molecule has 0 aromatic heterocycles. The smallest absolute Gasteiger partial charge is 0.269 e. The largest absolute Gasteiger partial charge is 0.326 e. The van der Waals surface area contributed by atoms with Crippen molar-refractivity contribution in [3.8, 4) is 0 Å². The number of non-ortho nitro benzene ring substituents is 1. The first-order valence-corrected chi connectivity index (χ1v) is 6.26. The van der Waals surface area contributed by atoms with Gasteiger partial charge in [-0.25, -0.2) is 0 Å². The fraction of sp³-hybridized carbons (Fsp3) is 0.300. The maximum atomic E-state index is 11.3. The van der Waals surface area contributed by atoms with E-state index in [1.165, 1.54) is 24.3 Å². The number of nitro groups is 1. The van der Waals surface area contributed by atoms with Crippen LogP contribution in [0.4, 0.5) is 11.4 Å². The lowest BCUT2D eigenvalue weighted by Crippen LogP contribution is -2.11. The van der Waals surface area contributed by atoms with Gasteiger partial charge in [0.15, 0.2) is 0 Å². The molecule has 5 nitrogen and oxygen atoms in total. The van der Waals surface area contributed by atoms with Crippen molar-refractivity contribution in [3.63, 3.8) is 0 Å². The first-order valence-electron chi connectivity index (χ1n) is 4.74. The number of hydrogen-bond donors (Lipinski definition) is 1. The summed E-state index contributed by atoms with van der Waals surface area (Å²) >= 11 is 2.21. The van der Waals surface area contributed by atoms with Crippen LogP contribution in [0.3, 0.4) is 0 Å². The van der Waals surface area contributed by atoms with Crippen molar-refractivity contribution >= 4 is 39.9 Å². The van der Waals surface area contributed by atoms with E-state index in [0.29, 0.717) is 12.1 Å². The third-order valence-electron chi connectivity index (χ3n) is 1.90. The Bertz CT molecular complexity index is 378. The van der Waals surface area contributed by atoms with Gasteiger partial charge in [-0.3, -0.25) is 14.9 Å². The van der Waals surface area contributed by atoms with E-state index in [9.17, 15) is 14.9 Å². The molecule has 0 saturated heterocycles. The van der Waals surface area contributed by atoms with Crippen molar-refractivity contribution in [2.75, 3.05) is 9.74 Å². The minimum absolute atomic E-state index is 0.0188. The summed E-state index contributed by atoms with van der Waals surface area (Å²) in [5.41, 5.74) is 0.606. The third kappa shape index (κ3) is 4.13. The van der Waals surface area contributed by atoms with Gasteiger partial charge in [-0.2, -0.15) is 0 Å². The minimum Gasteiger partial charge on any atom is -0.326 e. The Morgan fingerprint density at radius 2 is 2.00 bits per heavy atom. The number of hydrogen-bond acceptors (Lipinski definition) is 3. The van der Waals surface area contributed by atoms with Gasteiger partial charge in [0.05, 0.1) is 4.92 Å². The quantitative estimate of drug-likeness (QED) is 0.389. The number of rotatable bonds is 5. The van der Waals surface area contributed by atoms with Crippen LogP contribution in [0.2, 0.25) is 0 Å². The van der Waals surface area contributed by atoms with E-state index in [4.69, 9.17) is 0 Å². The second kappa shape index (κ2) is 6.41. The summed E-state index contributed by atoms with van der Waals surface area (Å²) in [7, 11) is 0. The number of nitrogens with zero attached hydrogens (tertiary/aromatic N) is 1. The summed E-state index contributed by atoms with van der Waals surface area (Å²) in [5, 5.41) is 13.1. The molecule has 1 rings (SSSR count). The number of carbonyl (C=O) groups excluding carboxylic acids is 1. The van der Waals surface area contributed by atoms with E-state index in [1.807, 2.05) is 0 Å². The molecule has 1 aromatic carbocycles. The first kappa shape index (κ1) is 12.9. The molecular weight excluding hydrogens is 323 g/mol. The summed E-state index contributed by atoms with van der Waals surface area (Å²) < 4.78 is 0.936. The van der Waals surface area contributed by atoms with Crippen LogP contribution in [0, 0.1) is 10.1 Å². The van der Waals surface area contributed by atoms with Gasteiger partial charge >= 0.3 is 0 Å². The normalized spacial score (nSPS) is 9.81. The number of alkyl halides is 1. The zero-order valence-electron chi connectivity index (χ0n) is 8.48. The SMILES string of the molecule is O=C(CCCI)Nc1ccc([N+](=O)[O-])cc1. The highest BCUT2D eigenvalue weighted by atomic mass is 127. The van der Waals surface area contributed by atoms with Crippen molar-refractivity contribution < 1.29 is 9.72 Å². The van der Waals surface area contributed by atoms with Gasteiger partial charge in [-0.05, 0) is 18.6 Å². The number of benzene rings is 1. The summed E-state index contributed by atoms with van der Waals surface area (Å²) in [6.07, 6.45) is 1.30. The fourth-order valence-corrected chi connectivity index (χ4v) is 1.50. The van der Waals surface area contributed by atoms with Crippen molar-refractivity contribution in [1.29, 1.82) is 0 Å².